The minimum atomic E-state index is -1.05. The zero-order valence-corrected chi connectivity index (χ0v) is 14.8. The molecule has 0 spiro atoms. The van der Waals surface area contributed by atoms with Crippen molar-refractivity contribution < 1.29 is 25.2 Å². The average molecular weight is 434 g/mol. The molecule has 0 fully saturated rings. The van der Waals surface area contributed by atoms with Crippen molar-refractivity contribution in [3.05, 3.63) is 43.6 Å². The SMILES string of the molecule is CCc1c(O)c(O)cc(C(=O)C2=C(Br)CC(O)C(O)=C2)c1Br. The predicted molar refractivity (Wildman–Crippen MR) is 88.5 cm³/mol. The van der Waals surface area contributed by atoms with Crippen LogP contribution in [0.15, 0.2) is 32.4 Å². The molecule has 4 N–H and O–H groups in total. The highest BCUT2D eigenvalue weighted by molar-refractivity contribution is 9.11. The van der Waals surface area contributed by atoms with Gasteiger partial charge in [0.25, 0.3) is 0 Å². The maximum atomic E-state index is 12.7. The van der Waals surface area contributed by atoms with E-state index in [1.165, 1.54) is 12.1 Å². The third kappa shape index (κ3) is 2.93. The third-order valence-electron chi connectivity index (χ3n) is 3.45. The van der Waals surface area contributed by atoms with Crippen molar-refractivity contribution in [1.82, 2.24) is 0 Å². The highest BCUT2D eigenvalue weighted by Gasteiger charge is 2.27. The zero-order valence-electron chi connectivity index (χ0n) is 11.6. The van der Waals surface area contributed by atoms with Crippen LogP contribution in [0, 0.1) is 0 Å². The van der Waals surface area contributed by atoms with Gasteiger partial charge in [-0.2, -0.15) is 0 Å². The molecule has 5 nitrogen and oxygen atoms in total. The molecule has 0 saturated heterocycles. The third-order valence-corrected chi connectivity index (χ3v) is 5.11. The van der Waals surface area contributed by atoms with Crippen LogP contribution in [0.3, 0.4) is 0 Å². The van der Waals surface area contributed by atoms with E-state index < -0.39 is 11.9 Å². The molecule has 0 aromatic heterocycles. The van der Waals surface area contributed by atoms with Crippen LogP contribution in [0.2, 0.25) is 0 Å². The molecule has 0 amide bonds. The molecule has 0 heterocycles. The van der Waals surface area contributed by atoms with Gasteiger partial charge in [-0.1, -0.05) is 22.9 Å². The van der Waals surface area contributed by atoms with Gasteiger partial charge in [-0.3, -0.25) is 4.79 Å². The predicted octanol–water partition coefficient (Wildman–Crippen LogP) is 3.46. The first kappa shape index (κ1) is 17.1. The van der Waals surface area contributed by atoms with Gasteiger partial charge < -0.3 is 20.4 Å². The van der Waals surface area contributed by atoms with Crippen molar-refractivity contribution in [2.45, 2.75) is 25.9 Å². The number of carbonyl (C=O) groups excluding carboxylic acids is 1. The first-order valence-corrected chi connectivity index (χ1v) is 8.11. The Labute approximate surface area is 143 Å². The molecule has 1 aromatic rings. The summed E-state index contributed by atoms with van der Waals surface area (Å²) in [7, 11) is 0. The number of aliphatic hydroxyl groups excluding tert-OH is 2. The molecule has 22 heavy (non-hydrogen) atoms. The summed E-state index contributed by atoms with van der Waals surface area (Å²) in [5, 5.41) is 38.8. The molecule has 1 aliphatic rings. The summed E-state index contributed by atoms with van der Waals surface area (Å²) in [6.07, 6.45) is 0.656. The van der Waals surface area contributed by atoms with E-state index in [2.05, 4.69) is 31.9 Å². The Hall–Kier alpha value is -1.31. The Balaban J connectivity index is 2.56. The Morgan fingerprint density at radius 3 is 2.55 bits per heavy atom. The maximum Gasteiger partial charge on any atom is 0.195 e. The quantitative estimate of drug-likeness (QED) is 0.432. The van der Waals surface area contributed by atoms with Crippen LogP contribution < -0.4 is 0 Å². The molecule has 0 radical (unpaired) electrons. The van der Waals surface area contributed by atoms with E-state index in [0.29, 0.717) is 20.9 Å². The number of allylic oxidation sites excluding steroid dienone is 2. The van der Waals surface area contributed by atoms with Crippen molar-refractivity contribution in [3.63, 3.8) is 0 Å². The number of halogens is 2. The molecule has 1 aromatic carbocycles. The van der Waals surface area contributed by atoms with Crippen LogP contribution in [0.5, 0.6) is 11.5 Å². The van der Waals surface area contributed by atoms with E-state index >= 15 is 0 Å². The van der Waals surface area contributed by atoms with E-state index in [1.807, 2.05) is 0 Å². The average Bonchev–Trinajstić information content (AvgIpc) is 2.46. The van der Waals surface area contributed by atoms with Crippen molar-refractivity contribution in [2.24, 2.45) is 0 Å². The lowest BCUT2D eigenvalue weighted by Gasteiger charge is -2.19. The summed E-state index contributed by atoms with van der Waals surface area (Å²) < 4.78 is 0.849. The van der Waals surface area contributed by atoms with Gasteiger partial charge in [-0.05, 0) is 34.5 Å². The van der Waals surface area contributed by atoms with Crippen LogP contribution in [0.25, 0.3) is 0 Å². The number of phenolic OH excluding ortho intramolecular Hbond substituents is 2. The molecule has 118 valence electrons. The number of rotatable bonds is 3. The van der Waals surface area contributed by atoms with Crippen molar-refractivity contribution in [1.29, 1.82) is 0 Å². The second kappa shape index (κ2) is 6.44. The molecule has 7 heteroatoms. The number of aliphatic hydroxyl groups is 2. The van der Waals surface area contributed by atoms with E-state index in [0.717, 1.165) is 0 Å². The number of hydrogen-bond acceptors (Lipinski definition) is 5. The minimum absolute atomic E-state index is 0.0890. The number of carbonyl (C=O) groups is 1. The van der Waals surface area contributed by atoms with Gasteiger partial charge >= 0.3 is 0 Å². The largest absolute Gasteiger partial charge is 0.510 e. The molecule has 1 atom stereocenters. The monoisotopic (exact) mass is 432 g/mol. The maximum absolute atomic E-state index is 12.7. The molecule has 0 saturated carbocycles. The number of hydrogen-bond donors (Lipinski definition) is 4. The van der Waals surface area contributed by atoms with Gasteiger partial charge in [-0.15, -0.1) is 0 Å². The number of ketones is 1. The van der Waals surface area contributed by atoms with Gasteiger partial charge in [0.1, 0.15) is 11.9 Å². The molecule has 0 bridgehead atoms. The number of phenols is 2. The summed E-state index contributed by atoms with van der Waals surface area (Å²) in [6.45, 7) is 1.78. The number of benzene rings is 1. The first-order chi connectivity index (χ1) is 10.3. The van der Waals surface area contributed by atoms with Crippen molar-refractivity contribution in [3.8, 4) is 11.5 Å². The highest BCUT2D eigenvalue weighted by Crippen LogP contribution is 2.39. The van der Waals surface area contributed by atoms with Gasteiger partial charge in [0, 0.05) is 32.1 Å². The Bertz CT molecular complexity index is 706. The minimum Gasteiger partial charge on any atom is -0.510 e. The summed E-state index contributed by atoms with van der Waals surface area (Å²) in [5.74, 6) is -1.39. The van der Waals surface area contributed by atoms with Gasteiger partial charge in [0.2, 0.25) is 0 Å². The smallest absolute Gasteiger partial charge is 0.195 e. The van der Waals surface area contributed by atoms with Crippen molar-refractivity contribution >= 4 is 37.6 Å². The normalized spacial score (nSPS) is 18.4. The molecule has 0 aliphatic heterocycles. The van der Waals surface area contributed by atoms with E-state index in [4.69, 9.17) is 0 Å². The van der Waals surface area contributed by atoms with Crippen LogP contribution in [-0.4, -0.2) is 32.3 Å². The Morgan fingerprint density at radius 2 is 1.95 bits per heavy atom. The van der Waals surface area contributed by atoms with Crippen molar-refractivity contribution in [2.75, 3.05) is 0 Å². The molecule has 1 aliphatic carbocycles. The second-order valence-corrected chi connectivity index (χ2v) is 6.63. The van der Waals surface area contributed by atoms with Crippen LogP contribution in [-0.2, 0) is 6.42 Å². The molecular formula is C15H14Br2O5. The van der Waals surface area contributed by atoms with Crippen LogP contribution >= 0.6 is 31.9 Å². The fraction of sp³-hybridized carbons (Fsp3) is 0.267. The summed E-state index contributed by atoms with van der Waals surface area (Å²) >= 11 is 6.51. The van der Waals surface area contributed by atoms with E-state index in [1.54, 1.807) is 6.92 Å². The fourth-order valence-corrected chi connectivity index (χ4v) is 3.58. The van der Waals surface area contributed by atoms with Gasteiger partial charge in [0.15, 0.2) is 17.3 Å². The summed E-state index contributed by atoms with van der Waals surface area (Å²) in [4.78, 5) is 12.7. The highest BCUT2D eigenvalue weighted by atomic mass is 79.9. The molecular weight excluding hydrogens is 420 g/mol. The number of Topliss-reactive ketones (excluding diaryl/α,β-unsaturated/α-hetero) is 1. The van der Waals surface area contributed by atoms with E-state index in [-0.39, 0.29) is 34.8 Å². The topological polar surface area (TPSA) is 98.0 Å². The first-order valence-electron chi connectivity index (χ1n) is 6.53. The van der Waals surface area contributed by atoms with Crippen LogP contribution in [0.1, 0.15) is 29.3 Å². The number of aromatic hydroxyl groups is 2. The zero-order chi connectivity index (χ0) is 16.6. The summed E-state index contributed by atoms with van der Waals surface area (Å²) in [6, 6.07) is 1.17. The van der Waals surface area contributed by atoms with Gasteiger partial charge in [-0.25, -0.2) is 0 Å². The fourth-order valence-electron chi connectivity index (χ4n) is 2.22. The summed E-state index contributed by atoms with van der Waals surface area (Å²) in [5.41, 5.74) is 0.777. The standard InChI is InChI=1S/C15H14Br2O5/c1-2-6-13(17)8(4-12(20)15(6)22)14(21)7-3-10(18)11(19)5-9(7)16/h3-4,11,18-20,22H,2,5H2,1H3. The lowest BCUT2D eigenvalue weighted by atomic mass is 9.94. The Kier molecular flexibility index (Phi) is 4.99. The van der Waals surface area contributed by atoms with Gasteiger partial charge in [0.05, 0.1) is 0 Å². The molecule has 2 rings (SSSR count). The van der Waals surface area contributed by atoms with E-state index in [9.17, 15) is 25.2 Å². The lowest BCUT2D eigenvalue weighted by molar-refractivity contribution is 0.103. The Morgan fingerprint density at radius 1 is 1.32 bits per heavy atom. The lowest BCUT2D eigenvalue weighted by Crippen LogP contribution is -2.18. The molecule has 1 unspecified atom stereocenters. The van der Waals surface area contributed by atoms with Crippen LogP contribution in [0.4, 0.5) is 0 Å². The second-order valence-electron chi connectivity index (χ2n) is 4.87.